The Morgan fingerprint density at radius 3 is 2.64 bits per heavy atom. The molecule has 1 amide bonds. The molecule has 3 aliphatic heterocycles. The third-order valence-electron chi connectivity index (χ3n) is 4.77. The number of carbonyl (C=O) groups excluding carboxylic acids is 1. The Balaban J connectivity index is 1.46. The maximum absolute atomic E-state index is 12.4. The van der Waals surface area contributed by atoms with Crippen LogP contribution in [0.4, 0.5) is 0 Å². The number of amides is 1. The second-order valence-corrected chi connectivity index (χ2v) is 6.12. The molecule has 5 rings (SSSR count). The van der Waals surface area contributed by atoms with Crippen molar-refractivity contribution in [3.63, 3.8) is 0 Å². The fourth-order valence-electron chi connectivity index (χ4n) is 3.50. The van der Waals surface area contributed by atoms with Crippen molar-refractivity contribution < 1.29 is 9.21 Å². The van der Waals surface area contributed by atoms with E-state index in [0.29, 0.717) is 17.4 Å². The molecule has 0 radical (unpaired) electrons. The Morgan fingerprint density at radius 2 is 1.95 bits per heavy atom. The van der Waals surface area contributed by atoms with Crippen LogP contribution in [0.1, 0.15) is 23.4 Å². The number of aromatic nitrogens is 1. The number of pyridine rings is 1. The number of fused-ring (bicyclic) bond motifs is 3. The van der Waals surface area contributed by atoms with Crippen LogP contribution in [0, 0.1) is 5.92 Å². The largest absolute Gasteiger partial charge is 0.451 e. The minimum Gasteiger partial charge on any atom is -0.451 e. The van der Waals surface area contributed by atoms with Gasteiger partial charge in [0.1, 0.15) is 5.76 Å². The summed E-state index contributed by atoms with van der Waals surface area (Å²) in [5.41, 5.74) is 0.928. The molecule has 2 aromatic heterocycles. The average molecular weight is 297 g/mol. The minimum atomic E-state index is -0.112. The number of nitrogens with zero attached hydrogens (tertiary/aromatic N) is 2. The SMILES string of the molecule is O=C(NC1CN2CCC1CC2)c1ccc(-c2ccncc2)o1. The monoisotopic (exact) mass is 297 g/mol. The fourth-order valence-corrected chi connectivity index (χ4v) is 3.50. The predicted octanol–water partition coefficient (Wildman–Crippen LogP) is 2.17. The van der Waals surface area contributed by atoms with Crippen LogP contribution in [0.15, 0.2) is 41.1 Å². The summed E-state index contributed by atoms with van der Waals surface area (Å²) in [5.74, 6) is 1.58. The number of hydrogen-bond donors (Lipinski definition) is 1. The minimum absolute atomic E-state index is 0.112. The summed E-state index contributed by atoms with van der Waals surface area (Å²) < 4.78 is 5.70. The summed E-state index contributed by atoms with van der Waals surface area (Å²) in [4.78, 5) is 18.8. The van der Waals surface area contributed by atoms with Gasteiger partial charge in [-0.2, -0.15) is 0 Å². The van der Waals surface area contributed by atoms with Gasteiger partial charge in [-0.1, -0.05) is 0 Å². The molecule has 5 heteroatoms. The number of furan rings is 1. The van der Waals surface area contributed by atoms with E-state index >= 15 is 0 Å². The molecule has 5 heterocycles. The lowest BCUT2D eigenvalue weighted by molar-refractivity contribution is 0.0606. The van der Waals surface area contributed by atoms with E-state index in [-0.39, 0.29) is 11.9 Å². The van der Waals surface area contributed by atoms with Crippen molar-refractivity contribution in [2.24, 2.45) is 5.92 Å². The molecule has 2 aromatic rings. The molecule has 1 N–H and O–H groups in total. The fraction of sp³-hybridized carbons (Fsp3) is 0.412. The molecule has 0 spiro atoms. The van der Waals surface area contributed by atoms with Gasteiger partial charge in [-0.25, -0.2) is 0 Å². The lowest BCUT2D eigenvalue weighted by atomic mass is 9.84. The van der Waals surface area contributed by atoms with Crippen molar-refractivity contribution in [3.05, 3.63) is 42.4 Å². The van der Waals surface area contributed by atoms with E-state index in [1.54, 1.807) is 18.5 Å². The standard InChI is InChI=1S/C17H19N3O2/c21-17(19-14-11-20-9-5-12(14)6-10-20)16-2-1-15(22-16)13-3-7-18-8-4-13/h1-4,7-8,12,14H,5-6,9-11H2,(H,19,21). The maximum atomic E-state index is 12.4. The van der Waals surface area contributed by atoms with Crippen LogP contribution in [0.5, 0.6) is 0 Å². The first kappa shape index (κ1) is 13.5. The quantitative estimate of drug-likeness (QED) is 0.943. The first-order chi connectivity index (χ1) is 10.8. The van der Waals surface area contributed by atoms with E-state index in [1.165, 1.54) is 25.9 Å². The third kappa shape index (κ3) is 2.52. The second kappa shape index (κ2) is 5.57. The highest BCUT2D eigenvalue weighted by molar-refractivity contribution is 5.92. The van der Waals surface area contributed by atoms with Gasteiger partial charge in [-0.15, -0.1) is 0 Å². The summed E-state index contributed by atoms with van der Waals surface area (Å²) in [7, 11) is 0. The lowest BCUT2D eigenvalue weighted by Gasteiger charge is -2.44. The molecule has 22 heavy (non-hydrogen) atoms. The molecule has 3 fully saturated rings. The van der Waals surface area contributed by atoms with Crippen molar-refractivity contribution in [2.75, 3.05) is 19.6 Å². The van der Waals surface area contributed by atoms with Crippen LogP contribution in [-0.2, 0) is 0 Å². The number of hydrogen-bond acceptors (Lipinski definition) is 4. The zero-order valence-corrected chi connectivity index (χ0v) is 12.4. The van der Waals surface area contributed by atoms with Gasteiger partial charge in [-0.05, 0) is 56.1 Å². The van der Waals surface area contributed by atoms with Crippen molar-refractivity contribution in [2.45, 2.75) is 18.9 Å². The third-order valence-corrected chi connectivity index (χ3v) is 4.77. The summed E-state index contributed by atoms with van der Waals surface area (Å²) in [6.07, 6.45) is 5.80. The molecule has 1 unspecified atom stereocenters. The first-order valence-electron chi connectivity index (χ1n) is 7.83. The van der Waals surface area contributed by atoms with Gasteiger partial charge in [0.25, 0.3) is 5.91 Å². The van der Waals surface area contributed by atoms with Crippen LogP contribution < -0.4 is 5.32 Å². The zero-order chi connectivity index (χ0) is 14.9. The van der Waals surface area contributed by atoms with Crippen LogP contribution >= 0.6 is 0 Å². The van der Waals surface area contributed by atoms with Crippen molar-refractivity contribution in [1.29, 1.82) is 0 Å². The zero-order valence-electron chi connectivity index (χ0n) is 12.4. The molecule has 3 aliphatic rings. The van der Waals surface area contributed by atoms with Crippen LogP contribution in [0.25, 0.3) is 11.3 Å². The molecule has 5 nitrogen and oxygen atoms in total. The van der Waals surface area contributed by atoms with Crippen LogP contribution in [-0.4, -0.2) is 41.5 Å². The van der Waals surface area contributed by atoms with Gasteiger partial charge >= 0.3 is 0 Å². The Kier molecular flexibility index (Phi) is 3.42. The molecule has 114 valence electrons. The number of carbonyl (C=O) groups is 1. The van der Waals surface area contributed by atoms with E-state index in [1.807, 2.05) is 18.2 Å². The smallest absolute Gasteiger partial charge is 0.287 e. The molecular weight excluding hydrogens is 278 g/mol. The molecule has 2 bridgehead atoms. The molecule has 0 aliphatic carbocycles. The summed E-state index contributed by atoms with van der Waals surface area (Å²) in [6, 6.07) is 7.57. The van der Waals surface area contributed by atoms with E-state index in [4.69, 9.17) is 4.42 Å². The Morgan fingerprint density at radius 1 is 1.18 bits per heavy atom. The van der Waals surface area contributed by atoms with Crippen molar-refractivity contribution in [3.8, 4) is 11.3 Å². The summed E-state index contributed by atoms with van der Waals surface area (Å²) in [6.45, 7) is 3.31. The molecular formula is C17H19N3O2. The predicted molar refractivity (Wildman–Crippen MR) is 82.4 cm³/mol. The second-order valence-electron chi connectivity index (χ2n) is 6.12. The summed E-state index contributed by atoms with van der Waals surface area (Å²) in [5, 5.41) is 3.14. The lowest BCUT2D eigenvalue weighted by Crippen LogP contribution is -2.57. The van der Waals surface area contributed by atoms with Gasteiger partial charge in [-0.3, -0.25) is 9.78 Å². The van der Waals surface area contributed by atoms with E-state index in [9.17, 15) is 4.79 Å². The number of rotatable bonds is 3. The molecule has 0 saturated carbocycles. The van der Waals surface area contributed by atoms with Crippen LogP contribution in [0.2, 0.25) is 0 Å². The van der Waals surface area contributed by atoms with Gasteiger partial charge in [0.05, 0.1) is 0 Å². The van der Waals surface area contributed by atoms with Gasteiger partial charge in [0.2, 0.25) is 0 Å². The maximum Gasteiger partial charge on any atom is 0.287 e. The van der Waals surface area contributed by atoms with Gasteiger partial charge in [0.15, 0.2) is 5.76 Å². The van der Waals surface area contributed by atoms with E-state index < -0.39 is 0 Å². The highest BCUT2D eigenvalue weighted by Crippen LogP contribution is 2.28. The van der Waals surface area contributed by atoms with E-state index in [0.717, 1.165) is 12.1 Å². The van der Waals surface area contributed by atoms with E-state index in [2.05, 4.69) is 15.2 Å². The summed E-state index contributed by atoms with van der Waals surface area (Å²) >= 11 is 0. The Labute approximate surface area is 129 Å². The normalized spacial score (nSPS) is 26.8. The number of piperidine rings is 3. The van der Waals surface area contributed by atoms with Crippen molar-refractivity contribution >= 4 is 5.91 Å². The van der Waals surface area contributed by atoms with Crippen molar-refractivity contribution in [1.82, 2.24) is 15.2 Å². The Hall–Kier alpha value is -2.14. The molecule has 1 atom stereocenters. The van der Waals surface area contributed by atoms with Gasteiger partial charge < -0.3 is 14.6 Å². The average Bonchev–Trinajstić information content (AvgIpc) is 3.07. The highest BCUT2D eigenvalue weighted by atomic mass is 16.3. The van der Waals surface area contributed by atoms with Crippen LogP contribution in [0.3, 0.4) is 0 Å². The molecule has 0 aromatic carbocycles. The first-order valence-corrected chi connectivity index (χ1v) is 7.83. The van der Waals surface area contributed by atoms with Gasteiger partial charge in [0, 0.05) is 30.5 Å². The topological polar surface area (TPSA) is 58.4 Å². The highest BCUT2D eigenvalue weighted by Gasteiger charge is 2.35. The number of nitrogens with one attached hydrogen (secondary N) is 1. The Bertz CT molecular complexity index is 660. The molecule has 3 saturated heterocycles.